The molecule has 0 saturated carbocycles. The molecule has 4 amide bonds. The Hall–Kier alpha value is -5.04. The van der Waals surface area contributed by atoms with Gasteiger partial charge >= 0.3 is 6.03 Å². The number of carbonyl (C=O) groups is 3. The molecular formula is C29H26N4O8S. The van der Waals surface area contributed by atoms with E-state index in [1.165, 1.54) is 31.1 Å². The number of urea groups is 1. The molecule has 2 aliphatic heterocycles. The average Bonchev–Trinajstić information content (AvgIpc) is 3.66. The minimum Gasteiger partial charge on any atom is -0.456 e. The van der Waals surface area contributed by atoms with Crippen LogP contribution in [0.3, 0.4) is 0 Å². The van der Waals surface area contributed by atoms with E-state index in [4.69, 9.17) is 14.2 Å². The van der Waals surface area contributed by atoms with Gasteiger partial charge in [0.15, 0.2) is 11.5 Å². The van der Waals surface area contributed by atoms with Gasteiger partial charge in [0.1, 0.15) is 17.5 Å². The first-order valence-corrected chi connectivity index (χ1v) is 14.4. The molecule has 1 saturated heterocycles. The summed E-state index contributed by atoms with van der Waals surface area (Å²) >= 11 is 0. The predicted molar refractivity (Wildman–Crippen MR) is 150 cm³/mol. The number of rotatable bonds is 7. The van der Waals surface area contributed by atoms with Crippen molar-refractivity contribution in [3.63, 3.8) is 0 Å². The van der Waals surface area contributed by atoms with Gasteiger partial charge in [0.25, 0.3) is 21.8 Å². The molecule has 3 heterocycles. The Kier molecular flexibility index (Phi) is 6.53. The lowest BCUT2D eigenvalue weighted by atomic mass is 10.0. The van der Waals surface area contributed by atoms with E-state index in [1.807, 2.05) is 25.1 Å². The number of aromatic nitrogens is 1. The Morgan fingerprint density at radius 1 is 1.07 bits per heavy atom. The number of aromatic amines is 1. The highest BCUT2D eigenvalue weighted by Gasteiger charge is 2.46. The number of fused-ring (bicyclic) bond motifs is 2. The molecule has 1 fully saturated rings. The summed E-state index contributed by atoms with van der Waals surface area (Å²) in [5.74, 6) is 0.159. The number of nitrogens with one attached hydrogen (secondary N) is 2. The van der Waals surface area contributed by atoms with Gasteiger partial charge in [-0.05, 0) is 48.4 Å². The van der Waals surface area contributed by atoms with Gasteiger partial charge in [-0.25, -0.2) is 17.5 Å². The van der Waals surface area contributed by atoms with Crippen molar-refractivity contribution in [1.82, 2.24) is 19.5 Å². The molecule has 0 bridgehead atoms. The molecule has 0 aliphatic carbocycles. The highest BCUT2D eigenvalue weighted by atomic mass is 32.2. The lowest BCUT2D eigenvalue weighted by molar-refractivity contribution is -0.120. The maximum atomic E-state index is 13.9. The fraction of sp³-hybridized carbons (Fsp3) is 0.207. The first-order valence-electron chi connectivity index (χ1n) is 12.9. The van der Waals surface area contributed by atoms with Gasteiger partial charge in [-0.2, -0.15) is 0 Å². The van der Waals surface area contributed by atoms with Gasteiger partial charge in [0.2, 0.25) is 6.79 Å². The molecule has 4 aromatic rings. The molecule has 0 spiro atoms. The third-order valence-corrected chi connectivity index (χ3v) is 8.94. The van der Waals surface area contributed by atoms with Crippen LogP contribution in [-0.2, 0) is 21.2 Å². The zero-order valence-corrected chi connectivity index (χ0v) is 23.7. The van der Waals surface area contributed by atoms with E-state index in [-0.39, 0.29) is 29.4 Å². The van der Waals surface area contributed by atoms with Crippen LogP contribution in [-0.4, -0.2) is 67.4 Å². The smallest absolute Gasteiger partial charge is 0.338 e. The van der Waals surface area contributed by atoms with Crippen molar-refractivity contribution in [3.05, 3.63) is 77.5 Å². The van der Waals surface area contributed by atoms with Crippen LogP contribution in [0.2, 0.25) is 0 Å². The monoisotopic (exact) mass is 590 g/mol. The number of carbonyl (C=O) groups excluding carboxylic acids is 3. The van der Waals surface area contributed by atoms with Gasteiger partial charge < -0.3 is 24.1 Å². The van der Waals surface area contributed by atoms with Crippen molar-refractivity contribution in [2.75, 3.05) is 20.9 Å². The van der Waals surface area contributed by atoms with Crippen molar-refractivity contribution in [2.24, 2.45) is 0 Å². The summed E-state index contributed by atoms with van der Waals surface area (Å²) in [7, 11) is -1.56. The fourth-order valence-corrected chi connectivity index (χ4v) is 6.54. The standard InChI is InChI=1S/C29H26N4O8S/c1-16-5-4-6-20-17(14-30-26(16)20)11-22-27(34)31-29(36)33(22)42(37,38)19-8-10-23(21(13-19)28(35)32(2)3)41-18-7-9-24-25(12-18)40-15-39-24/h4-10,12-14,22,30H,11,15H2,1-3H3,(H,31,34,36). The number of ether oxygens (including phenoxy) is 3. The van der Waals surface area contributed by atoms with Gasteiger partial charge in [-0.1, -0.05) is 18.2 Å². The summed E-state index contributed by atoms with van der Waals surface area (Å²) in [5.41, 5.74) is 2.46. The lowest BCUT2D eigenvalue weighted by Crippen LogP contribution is -2.41. The Labute approximate surface area is 240 Å². The quantitative estimate of drug-likeness (QED) is 0.311. The largest absolute Gasteiger partial charge is 0.456 e. The summed E-state index contributed by atoms with van der Waals surface area (Å²) in [5, 5.41) is 2.94. The Morgan fingerprint density at radius 3 is 2.64 bits per heavy atom. The fourth-order valence-electron chi connectivity index (χ4n) is 5.03. The zero-order chi connectivity index (χ0) is 29.8. The van der Waals surface area contributed by atoms with Crippen molar-refractivity contribution >= 4 is 38.8 Å². The molecule has 42 heavy (non-hydrogen) atoms. The first kappa shape index (κ1) is 27.1. The summed E-state index contributed by atoms with van der Waals surface area (Å²) in [6.07, 6.45) is 1.66. The molecule has 0 radical (unpaired) electrons. The summed E-state index contributed by atoms with van der Waals surface area (Å²) in [6, 6.07) is 11.8. The van der Waals surface area contributed by atoms with Crippen LogP contribution in [0.15, 0.2) is 65.7 Å². The van der Waals surface area contributed by atoms with Crippen molar-refractivity contribution < 1.29 is 37.0 Å². The number of imide groups is 1. The maximum absolute atomic E-state index is 13.9. The summed E-state index contributed by atoms with van der Waals surface area (Å²) < 4.78 is 45.0. The van der Waals surface area contributed by atoms with Crippen molar-refractivity contribution in [2.45, 2.75) is 24.3 Å². The number of nitrogens with zero attached hydrogens (tertiary/aromatic N) is 2. The number of benzene rings is 3. The van der Waals surface area contributed by atoms with Gasteiger partial charge in [-0.3, -0.25) is 14.9 Å². The van der Waals surface area contributed by atoms with Crippen LogP contribution in [0.5, 0.6) is 23.0 Å². The maximum Gasteiger partial charge on any atom is 0.338 e. The van der Waals surface area contributed by atoms with E-state index >= 15 is 0 Å². The molecular weight excluding hydrogens is 564 g/mol. The zero-order valence-electron chi connectivity index (χ0n) is 22.8. The van der Waals surface area contributed by atoms with E-state index in [1.54, 1.807) is 24.4 Å². The topological polar surface area (TPSA) is 147 Å². The normalized spacial score (nSPS) is 16.2. The molecule has 6 rings (SSSR count). The van der Waals surface area contributed by atoms with E-state index in [0.717, 1.165) is 22.5 Å². The lowest BCUT2D eigenvalue weighted by Gasteiger charge is -2.22. The van der Waals surface area contributed by atoms with Gasteiger partial charge in [0, 0.05) is 43.7 Å². The van der Waals surface area contributed by atoms with Crippen molar-refractivity contribution in [1.29, 1.82) is 0 Å². The second kappa shape index (κ2) is 10.1. The molecule has 216 valence electrons. The van der Waals surface area contributed by atoms with Crippen molar-refractivity contribution in [3.8, 4) is 23.0 Å². The molecule has 3 aromatic carbocycles. The number of hydrogen-bond acceptors (Lipinski definition) is 8. The minimum absolute atomic E-state index is 0.0466. The third kappa shape index (κ3) is 4.57. The second-order valence-corrected chi connectivity index (χ2v) is 11.9. The molecule has 1 unspecified atom stereocenters. The summed E-state index contributed by atoms with van der Waals surface area (Å²) in [6.45, 7) is 2.00. The SMILES string of the molecule is Cc1cccc2c(CC3C(=O)NC(=O)N3S(=O)(=O)c3ccc(Oc4ccc5c(c4)OCO5)c(C(=O)N(C)C)c3)c[nH]c12. The first-order chi connectivity index (χ1) is 20.0. The third-order valence-electron chi connectivity index (χ3n) is 7.16. The molecule has 2 N–H and O–H groups in total. The Balaban J connectivity index is 1.36. The number of sulfonamides is 1. The Morgan fingerprint density at radius 2 is 1.86 bits per heavy atom. The summed E-state index contributed by atoms with van der Waals surface area (Å²) in [4.78, 5) is 42.9. The van der Waals surface area contributed by atoms with Gasteiger partial charge in [-0.15, -0.1) is 0 Å². The number of hydrogen-bond donors (Lipinski definition) is 2. The highest BCUT2D eigenvalue weighted by molar-refractivity contribution is 7.89. The van der Waals surface area contributed by atoms with Crippen LogP contribution in [0, 0.1) is 6.92 Å². The van der Waals surface area contributed by atoms with E-state index in [9.17, 15) is 22.8 Å². The minimum atomic E-state index is -4.59. The van der Waals surface area contributed by atoms with Crippen LogP contribution in [0.25, 0.3) is 10.9 Å². The number of aryl methyl sites for hydroxylation is 1. The van der Waals surface area contributed by atoms with Gasteiger partial charge in [0.05, 0.1) is 10.5 Å². The van der Waals surface area contributed by atoms with Crippen LogP contribution in [0.4, 0.5) is 4.79 Å². The average molecular weight is 591 g/mol. The van der Waals surface area contributed by atoms with E-state index < -0.39 is 33.9 Å². The van der Waals surface area contributed by atoms with Crippen LogP contribution < -0.4 is 19.5 Å². The van der Waals surface area contributed by atoms with E-state index in [0.29, 0.717) is 27.1 Å². The molecule has 1 aromatic heterocycles. The number of H-pyrrole nitrogens is 1. The molecule has 13 heteroatoms. The highest BCUT2D eigenvalue weighted by Crippen LogP contribution is 2.38. The number of amides is 4. The Bertz CT molecular complexity index is 1880. The molecule has 12 nitrogen and oxygen atoms in total. The molecule has 1 atom stereocenters. The van der Waals surface area contributed by atoms with Crippen LogP contribution in [0.1, 0.15) is 21.5 Å². The number of para-hydroxylation sites is 1. The van der Waals surface area contributed by atoms with Crippen LogP contribution >= 0.6 is 0 Å². The predicted octanol–water partition coefficient (Wildman–Crippen LogP) is 3.55. The molecule has 2 aliphatic rings. The van der Waals surface area contributed by atoms with E-state index in [2.05, 4.69) is 10.3 Å². The second-order valence-electron chi connectivity index (χ2n) is 10.1.